The van der Waals surface area contributed by atoms with Crippen LogP contribution >= 0.6 is 0 Å². The molecule has 0 bridgehead atoms. The number of carbonyl (C=O) groups excluding carboxylic acids is 1. The normalized spacial score (nSPS) is 14.5. The van der Waals surface area contributed by atoms with Gasteiger partial charge in [0.15, 0.2) is 0 Å². The van der Waals surface area contributed by atoms with Gasteiger partial charge in [0.25, 0.3) is 0 Å². The fraction of sp³-hybridized carbons (Fsp3) is 0.583. The lowest BCUT2D eigenvalue weighted by molar-refractivity contribution is -0.141. The Bertz CT molecular complexity index is 387. The van der Waals surface area contributed by atoms with Gasteiger partial charge in [-0.05, 0) is 32.3 Å². The minimum absolute atomic E-state index is 0.219. The maximum absolute atomic E-state index is 11.5. The molecule has 1 aromatic heterocycles. The molecule has 0 amide bonds. The van der Waals surface area contributed by atoms with Gasteiger partial charge < -0.3 is 9.64 Å². The Kier molecular flexibility index (Phi) is 3.56. The predicted octanol–water partition coefficient (Wildman–Crippen LogP) is 1.32. The quantitative estimate of drug-likeness (QED) is 0.720. The Balaban J connectivity index is 2.06. The lowest BCUT2D eigenvalue weighted by atomic mass is 10.4. The number of rotatable bonds is 5. The van der Waals surface area contributed by atoms with E-state index in [0.717, 1.165) is 18.4 Å². The molecule has 1 saturated carbocycles. The first-order valence-corrected chi connectivity index (χ1v) is 5.91. The Morgan fingerprint density at radius 1 is 1.47 bits per heavy atom. The second kappa shape index (κ2) is 5.12. The Hall–Kier alpha value is -1.65. The van der Waals surface area contributed by atoms with Crippen molar-refractivity contribution in [3.05, 3.63) is 18.0 Å². The van der Waals surface area contributed by atoms with Crippen molar-refractivity contribution in [1.82, 2.24) is 9.97 Å². The summed E-state index contributed by atoms with van der Waals surface area (Å²) in [4.78, 5) is 22.0. The zero-order chi connectivity index (χ0) is 12.3. The molecular formula is C12H17N3O2. The van der Waals surface area contributed by atoms with E-state index in [0.29, 0.717) is 18.6 Å². The Morgan fingerprint density at radius 2 is 2.12 bits per heavy atom. The SMILES string of the molecule is CCOC(=O)CN(c1ncc(C)cn1)C1CC1. The molecule has 17 heavy (non-hydrogen) atoms. The van der Waals surface area contributed by atoms with Crippen LogP contribution in [0.3, 0.4) is 0 Å². The molecule has 0 spiro atoms. The number of esters is 1. The highest BCUT2D eigenvalue weighted by Crippen LogP contribution is 2.29. The molecule has 0 radical (unpaired) electrons. The molecule has 5 heteroatoms. The van der Waals surface area contributed by atoms with Crippen LogP contribution in [0.15, 0.2) is 12.4 Å². The highest BCUT2D eigenvalue weighted by atomic mass is 16.5. The summed E-state index contributed by atoms with van der Waals surface area (Å²) in [6, 6.07) is 0.391. The molecule has 1 aromatic rings. The number of carbonyl (C=O) groups is 1. The number of hydrogen-bond acceptors (Lipinski definition) is 5. The largest absolute Gasteiger partial charge is 0.465 e. The second-order valence-corrected chi connectivity index (χ2v) is 4.22. The van der Waals surface area contributed by atoms with Crippen LogP contribution in [0.1, 0.15) is 25.3 Å². The molecule has 1 aliphatic carbocycles. The van der Waals surface area contributed by atoms with Crippen LogP contribution in [0.2, 0.25) is 0 Å². The van der Waals surface area contributed by atoms with Gasteiger partial charge in [-0.15, -0.1) is 0 Å². The number of ether oxygens (including phenoxy) is 1. The third-order valence-corrected chi connectivity index (χ3v) is 2.62. The number of nitrogens with zero attached hydrogens (tertiary/aromatic N) is 3. The van der Waals surface area contributed by atoms with Crippen LogP contribution < -0.4 is 4.90 Å². The molecular weight excluding hydrogens is 218 g/mol. The number of anilines is 1. The van der Waals surface area contributed by atoms with Crippen molar-refractivity contribution in [2.45, 2.75) is 32.7 Å². The average Bonchev–Trinajstić information content (AvgIpc) is 3.12. The fourth-order valence-corrected chi connectivity index (χ4v) is 1.63. The first-order chi connectivity index (χ1) is 8.20. The number of aromatic nitrogens is 2. The summed E-state index contributed by atoms with van der Waals surface area (Å²) in [6.07, 6.45) is 5.72. The van der Waals surface area contributed by atoms with Crippen molar-refractivity contribution < 1.29 is 9.53 Å². The Morgan fingerprint density at radius 3 is 2.65 bits per heavy atom. The highest BCUT2D eigenvalue weighted by molar-refractivity contribution is 5.75. The van der Waals surface area contributed by atoms with Gasteiger partial charge in [-0.3, -0.25) is 4.79 Å². The van der Waals surface area contributed by atoms with Gasteiger partial charge in [0.2, 0.25) is 5.95 Å². The van der Waals surface area contributed by atoms with Crippen molar-refractivity contribution in [2.24, 2.45) is 0 Å². The van der Waals surface area contributed by atoms with E-state index >= 15 is 0 Å². The molecule has 1 heterocycles. The third-order valence-electron chi connectivity index (χ3n) is 2.62. The summed E-state index contributed by atoms with van der Waals surface area (Å²) in [6.45, 7) is 4.39. The minimum atomic E-state index is -0.219. The monoisotopic (exact) mass is 235 g/mol. The van der Waals surface area contributed by atoms with Gasteiger partial charge in [0, 0.05) is 18.4 Å². The summed E-state index contributed by atoms with van der Waals surface area (Å²) in [5.74, 6) is 0.398. The van der Waals surface area contributed by atoms with Crippen LogP contribution in [0.5, 0.6) is 0 Å². The number of hydrogen-bond donors (Lipinski definition) is 0. The summed E-state index contributed by atoms with van der Waals surface area (Å²) < 4.78 is 4.96. The van der Waals surface area contributed by atoms with Crippen molar-refractivity contribution in [3.8, 4) is 0 Å². The van der Waals surface area contributed by atoms with E-state index in [2.05, 4.69) is 9.97 Å². The van der Waals surface area contributed by atoms with Gasteiger partial charge in [0.1, 0.15) is 6.54 Å². The minimum Gasteiger partial charge on any atom is -0.465 e. The molecule has 2 rings (SSSR count). The first-order valence-electron chi connectivity index (χ1n) is 5.91. The van der Waals surface area contributed by atoms with Gasteiger partial charge in [-0.2, -0.15) is 0 Å². The van der Waals surface area contributed by atoms with Gasteiger partial charge in [0.05, 0.1) is 6.61 Å². The van der Waals surface area contributed by atoms with E-state index in [1.54, 1.807) is 12.4 Å². The maximum Gasteiger partial charge on any atom is 0.325 e. The molecule has 5 nitrogen and oxygen atoms in total. The summed E-state index contributed by atoms with van der Waals surface area (Å²) in [5, 5.41) is 0. The molecule has 0 unspecified atom stereocenters. The first kappa shape index (κ1) is 11.8. The van der Waals surface area contributed by atoms with E-state index in [4.69, 9.17) is 4.74 Å². The second-order valence-electron chi connectivity index (χ2n) is 4.22. The third kappa shape index (κ3) is 3.15. The molecule has 0 aliphatic heterocycles. The molecule has 1 fully saturated rings. The zero-order valence-corrected chi connectivity index (χ0v) is 10.2. The molecule has 0 atom stereocenters. The van der Waals surface area contributed by atoms with E-state index in [1.807, 2.05) is 18.7 Å². The standard InChI is InChI=1S/C12H17N3O2/c1-3-17-11(16)8-15(10-4-5-10)12-13-6-9(2)7-14-12/h6-7,10H,3-5,8H2,1-2H3. The van der Waals surface area contributed by atoms with Gasteiger partial charge in [-0.1, -0.05) is 0 Å². The fourth-order valence-electron chi connectivity index (χ4n) is 1.63. The van der Waals surface area contributed by atoms with E-state index < -0.39 is 0 Å². The maximum atomic E-state index is 11.5. The average molecular weight is 235 g/mol. The van der Waals surface area contributed by atoms with Crippen LogP contribution in [0.4, 0.5) is 5.95 Å². The summed E-state index contributed by atoms with van der Waals surface area (Å²) in [7, 11) is 0. The van der Waals surface area contributed by atoms with Crippen molar-refractivity contribution in [1.29, 1.82) is 0 Å². The van der Waals surface area contributed by atoms with E-state index in [9.17, 15) is 4.79 Å². The molecule has 0 N–H and O–H groups in total. The lowest BCUT2D eigenvalue weighted by Gasteiger charge is -2.20. The van der Waals surface area contributed by atoms with Gasteiger partial charge >= 0.3 is 5.97 Å². The van der Waals surface area contributed by atoms with Crippen LogP contribution in [0.25, 0.3) is 0 Å². The zero-order valence-electron chi connectivity index (χ0n) is 10.2. The van der Waals surface area contributed by atoms with Crippen LogP contribution in [-0.2, 0) is 9.53 Å². The highest BCUT2D eigenvalue weighted by Gasteiger charge is 2.32. The summed E-state index contributed by atoms with van der Waals surface area (Å²) in [5.41, 5.74) is 1.01. The van der Waals surface area contributed by atoms with Crippen molar-refractivity contribution in [2.75, 3.05) is 18.1 Å². The van der Waals surface area contributed by atoms with E-state index in [-0.39, 0.29) is 12.5 Å². The molecule has 92 valence electrons. The smallest absolute Gasteiger partial charge is 0.325 e. The molecule has 0 aromatic carbocycles. The van der Waals surface area contributed by atoms with Crippen LogP contribution in [-0.4, -0.2) is 35.1 Å². The van der Waals surface area contributed by atoms with E-state index in [1.165, 1.54) is 0 Å². The number of aryl methyl sites for hydroxylation is 1. The topological polar surface area (TPSA) is 55.3 Å². The molecule has 0 saturated heterocycles. The summed E-state index contributed by atoms with van der Waals surface area (Å²) >= 11 is 0. The lowest BCUT2D eigenvalue weighted by Crippen LogP contribution is -2.34. The molecule has 1 aliphatic rings. The van der Waals surface area contributed by atoms with Crippen molar-refractivity contribution in [3.63, 3.8) is 0 Å². The predicted molar refractivity (Wildman–Crippen MR) is 63.8 cm³/mol. The Labute approximate surface area is 101 Å². The van der Waals surface area contributed by atoms with Gasteiger partial charge in [-0.25, -0.2) is 9.97 Å². The van der Waals surface area contributed by atoms with Crippen molar-refractivity contribution >= 4 is 11.9 Å². The van der Waals surface area contributed by atoms with Crippen LogP contribution in [0, 0.1) is 6.92 Å².